The van der Waals surface area contributed by atoms with Gasteiger partial charge in [-0.2, -0.15) is 4.39 Å². The Morgan fingerprint density at radius 1 is 1.20 bits per heavy atom. The monoisotopic (exact) mass is 484 g/mol. The number of halogens is 2. The number of anilines is 2. The van der Waals surface area contributed by atoms with Gasteiger partial charge in [-0.1, -0.05) is 6.07 Å². The maximum absolute atomic E-state index is 14.5. The largest absolute Gasteiger partial charge is 0.453 e. The van der Waals surface area contributed by atoms with Gasteiger partial charge < -0.3 is 15.8 Å². The number of pyridine rings is 1. The topological polar surface area (TPSA) is 133 Å². The van der Waals surface area contributed by atoms with E-state index in [1.54, 1.807) is 19.1 Å². The van der Waals surface area contributed by atoms with Gasteiger partial charge in [0.25, 0.3) is 18.2 Å². The molecule has 1 fully saturated rings. The maximum atomic E-state index is 14.5. The van der Waals surface area contributed by atoms with Crippen molar-refractivity contribution in [1.82, 2.24) is 20.3 Å². The highest BCUT2D eigenvalue weighted by molar-refractivity contribution is 6.01. The minimum Gasteiger partial charge on any atom is -0.453 e. The van der Waals surface area contributed by atoms with Crippen LogP contribution in [0.25, 0.3) is 0 Å². The van der Waals surface area contributed by atoms with Gasteiger partial charge in [-0.3, -0.25) is 19.4 Å². The molecule has 1 unspecified atom stereocenters. The summed E-state index contributed by atoms with van der Waals surface area (Å²) >= 11 is 0. The Morgan fingerprint density at radius 2 is 1.94 bits per heavy atom. The van der Waals surface area contributed by atoms with E-state index < -0.39 is 24.0 Å². The number of hydrogen-bond acceptors (Lipinski definition) is 8. The first-order chi connectivity index (χ1) is 16.9. The van der Waals surface area contributed by atoms with Gasteiger partial charge in [-0.25, -0.2) is 19.4 Å². The molecule has 1 aliphatic rings. The number of amides is 2. The number of alkyl halides is 1. The zero-order valence-corrected chi connectivity index (χ0v) is 18.6. The summed E-state index contributed by atoms with van der Waals surface area (Å²) in [6.07, 6.45) is 2.60. The Bertz CT molecular complexity index is 1220. The number of hydrogen-bond donors (Lipinski definition) is 2. The maximum Gasteiger partial charge on any atom is 0.297 e. The number of aromatic nitrogens is 3. The summed E-state index contributed by atoms with van der Waals surface area (Å²) in [4.78, 5) is 41.6. The van der Waals surface area contributed by atoms with Crippen molar-refractivity contribution in [1.29, 1.82) is 0 Å². The number of nitrogens with one attached hydrogen (secondary N) is 1. The SMILES string of the molecule is CCON(c1cccc(OC(F)c2ncc(F)cn2)c1)c1cc(C(=O)NC2CC2)ncc1C(N)=O. The highest BCUT2D eigenvalue weighted by atomic mass is 19.1. The molecule has 3 N–H and O–H groups in total. The van der Waals surface area contributed by atoms with Gasteiger partial charge in [0.15, 0.2) is 5.82 Å². The number of nitrogens with two attached hydrogens (primary N) is 1. The number of rotatable bonds is 10. The molecule has 182 valence electrons. The molecule has 0 spiro atoms. The fourth-order valence-corrected chi connectivity index (χ4v) is 3.12. The number of benzene rings is 1. The van der Waals surface area contributed by atoms with E-state index in [1.807, 2.05) is 0 Å². The number of carbonyl (C=O) groups excluding carboxylic acids is 2. The Hall–Kier alpha value is -4.19. The number of nitrogens with zero attached hydrogens (tertiary/aromatic N) is 4. The molecular formula is C23H22F2N6O4. The summed E-state index contributed by atoms with van der Waals surface area (Å²) in [5.41, 5.74) is 6.14. The van der Waals surface area contributed by atoms with Crippen molar-refractivity contribution in [3.63, 3.8) is 0 Å². The van der Waals surface area contributed by atoms with Gasteiger partial charge in [0.2, 0.25) is 5.82 Å². The van der Waals surface area contributed by atoms with Crippen molar-refractivity contribution in [2.75, 3.05) is 11.7 Å². The smallest absolute Gasteiger partial charge is 0.297 e. The van der Waals surface area contributed by atoms with E-state index >= 15 is 0 Å². The molecule has 1 aromatic carbocycles. The number of primary amides is 1. The Balaban J connectivity index is 1.65. The lowest BCUT2D eigenvalue weighted by Gasteiger charge is -2.25. The van der Waals surface area contributed by atoms with Crippen LogP contribution in [0, 0.1) is 5.82 Å². The number of carbonyl (C=O) groups is 2. The van der Waals surface area contributed by atoms with Crippen molar-refractivity contribution < 1.29 is 27.9 Å². The van der Waals surface area contributed by atoms with Gasteiger partial charge >= 0.3 is 0 Å². The molecule has 4 rings (SSSR count). The second kappa shape index (κ2) is 10.4. The van der Waals surface area contributed by atoms with Crippen LogP contribution >= 0.6 is 0 Å². The van der Waals surface area contributed by atoms with Gasteiger partial charge in [-0.15, -0.1) is 0 Å². The lowest BCUT2D eigenvalue weighted by molar-refractivity contribution is 0.0582. The van der Waals surface area contributed by atoms with Crippen molar-refractivity contribution in [2.24, 2.45) is 5.73 Å². The molecule has 1 saturated carbocycles. The molecule has 0 aliphatic heterocycles. The van der Waals surface area contributed by atoms with Crippen LogP contribution in [0.3, 0.4) is 0 Å². The Morgan fingerprint density at radius 3 is 2.60 bits per heavy atom. The third-order valence-electron chi connectivity index (χ3n) is 4.90. The van der Waals surface area contributed by atoms with Crippen LogP contribution in [0.1, 0.15) is 52.8 Å². The minimum absolute atomic E-state index is 0.0100. The normalized spacial score (nSPS) is 13.7. The zero-order chi connectivity index (χ0) is 24.9. The van der Waals surface area contributed by atoms with E-state index in [2.05, 4.69) is 20.3 Å². The molecule has 35 heavy (non-hydrogen) atoms. The van der Waals surface area contributed by atoms with E-state index in [0.29, 0.717) is 5.69 Å². The first-order valence-corrected chi connectivity index (χ1v) is 10.8. The van der Waals surface area contributed by atoms with Crippen LogP contribution < -0.4 is 20.9 Å². The third-order valence-corrected chi connectivity index (χ3v) is 4.90. The molecule has 12 heteroatoms. The molecule has 0 saturated heterocycles. The van der Waals surface area contributed by atoms with Crippen molar-refractivity contribution in [2.45, 2.75) is 32.2 Å². The average molecular weight is 484 g/mol. The average Bonchev–Trinajstić information content (AvgIpc) is 3.66. The molecule has 1 atom stereocenters. The second-order valence-corrected chi connectivity index (χ2v) is 7.60. The molecule has 2 heterocycles. The van der Waals surface area contributed by atoms with Crippen LogP contribution in [0.2, 0.25) is 0 Å². The first-order valence-electron chi connectivity index (χ1n) is 10.8. The lowest BCUT2D eigenvalue weighted by Crippen LogP contribution is -2.28. The van der Waals surface area contributed by atoms with Crippen LogP contribution in [0.5, 0.6) is 5.75 Å². The van der Waals surface area contributed by atoms with E-state index in [1.165, 1.54) is 29.5 Å². The minimum atomic E-state index is -2.06. The summed E-state index contributed by atoms with van der Waals surface area (Å²) in [5, 5.41) is 4.11. The highest BCUT2D eigenvalue weighted by Gasteiger charge is 2.26. The molecule has 2 amide bonds. The lowest BCUT2D eigenvalue weighted by atomic mass is 10.1. The predicted molar refractivity (Wildman–Crippen MR) is 120 cm³/mol. The Labute approximate surface area is 199 Å². The summed E-state index contributed by atoms with van der Waals surface area (Å²) in [7, 11) is 0. The molecule has 10 nitrogen and oxygen atoms in total. The summed E-state index contributed by atoms with van der Waals surface area (Å²) in [6, 6.07) is 7.63. The van der Waals surface area contributed by atoms with E-state index in [0.717, 1.165) is 25.2 Å². The van der Waals surface area contributed by atoms with Crippen LogP contribution in [-0.2, 0) is 4.84 Å². The van der Waals surface area contributed by atoms with E-state index in [-0.39, 0.29) is 41.2 Å². The van der Waals surface area contributed by atoms with E-state index in [4.69, 9.17) is 15.3 Å². The van der Waals surface area contributed by atoms with Gasteiger partial charge in [0, 0.05) is 18.3 Å². The predicted octanol–water partition coefficient (Wildman–Crippen LogP) is 3.14. The summed E-state index contributed by atoms with van der Waals surface area (Å²) < 4.78 is 32.8. The molecule has 1 aliphatic carbocycles. The molecule has 3 aromatic rings. The molecule has 0 bridgehead atoms. The van der Waals surface area contributed by atoms with Gasteiger partial charge in [0.05, 0.1) is 35.9 Å². The fraction of sp³-hybridized carbons (Fsp3) is 0.261. The molecular weight excluding hydrogens is 462 g/mol. The Kier molecular flexibility index (Phi) is 7.11. The van der Waals surface area contributed by atoms with Crippen molar-refractivity contribution in [3.05, 3.63) is 71.8 Å². The second-order valence-electron chi connectivity index (χ2n) is 7.60. The van der Waals surface area contributed by atoms with Crippen molar-refractivity contribution in [3.8, 4) is 5.75 Å². The van der Waals surface area contributed by atoms with Crippen LogP contribution in [0.4, 0.5) is 20.2 Å². The summed E-state index contributed by atoms with van der Waals surface area (Å²) in [6.45, 7) is 1.91. The number of ether oxygens (including phenoxy) is 1. The van der Waals surface area contributed by atoms with Crippen molar-refractivity contribution >= 4 is 23.2 Å². The zero-order valence-electron chi connectivity index (χ0n) is 18.6. The first kappa shape index (κ1) is 24.0. The molecule has 0 radical (unpaired) electrons. The quantitative estimate of drug-likeness (QED) is 0.420. The fourth-order valence-electron chi connectivity index (χ4n) is 3.12. The van der Waals surface area contributed by atoms with Gasteiger partial charge in [-0.05, 0) is 38.0 Å². The van der Waals surface area contributed by atoms with Crippen LogP contribution in [-0.4, -0.2) is 39.4 Å². The van der Waals surface area contributed by atoms with Gasteiger partial charge in [0.1, 0.15) is 11.4 Å². The molecule has 2 aromatic heterocycles. The van der Waals surface area contributed by atoms with E-state index in [9.17, 15) is 18.4 Å². The third kappa shape index (κ3) is 5.84. The highest BCUT2D eigenvalue weighted by Crippen LogP contribution is 2.33. The summed E-state index contributed by atoms with van der Waals surface area (Å²) in [5.74, 6) is -2.15. The van der Waals surface area contributed by atoms with Crippen LogP contribution in [0.15, 0.2) is 48.9 Å². The standard InChI is InChI=1S/C23H22F2N6O4/c1-2-34-31(19-9-18(23(33)30-14-6-7-14)27-12-17(19)21(26)32)15-4-3-5-16(8-15)35-20(25)22-28-10-13(24)11-29-22/h3-5,8-12,14,20H,2,6-7H2,1H3,(H2,26,32)(H,30,33).